The van der Waals surface area contributed by atoms with Crippen molar-refractivity contribution in [3.8, 4) is 0 Å². The number of rotatable bonds is 8. The summed E-state index contributed by atoms with van der Waals surface area (Å²) in [5, 5.41) is 0. The van der Waals surface area contributed by atoms with Crippen molar-refractivity contribution in [2.24, 2.45) is 0 Å². The van der Waals surface area contributed by atoms with E-state index in [0.717, 1.165) is 12.2 Å². The Morgan fingerprint density at radius 2 is 1.67 bits per heavy atom. The van der Waals surface area contributed by atoms with E-state index in [1.807, 2.05) is 13.0 Å². The highest BCUT2D eigenvalue weighted by molar-refractivity contribution is 6.60. The lowest BCUT2D eigenvalue weighted by atomic mass is 10.4. The van der Waals surface area contributed by atoms with Crippen molar-refractivity contribution in [3.63, 3.8) is 0 Å². The molecule has 0 aliphatic carbocycles. The molecule has 0 saturated carbocycles. The highest BCUT2D eigenvalue weighted by Gasteiger charge is 2.37. The summed E-state index contributed by atoms with van der Waals surface area (Å²) in [6.45, 7) is 4.58. The van der Waals surface area contributed by atoms with E-state index < -0.39 is 8.80 Å². The topological polar surface area (TPSA) is 36.9 Å². The van der Waals surface area contributed by atoms with Crippen LogP contribution in [0, 0.1) is 0 Å². The first-order chi connectivity index (χ1) is 7.14. The fourth-order valence-electron chi connectivity index (χ4n) is 1.24. The summed E-state index contributed by atoms with van der Waals surface area (Å²) < 4.78 is 21.3. The zero-order valence-electron chi connectivity index (χ0n) is 10.3. The van der Waals surface area contributed by atoms with Crippen LogP contribution in [0.15, 0.2) is 11.8 Å². The first-order valence-corrected chi connectivity index (χ1v) is 7.02. The van der Waals surface area contributed by atoms with Gasteiger partial charge in [0, 0.05) is 21.3 Å². The molecular formula is C10H22O4Si. The third-order valence-electron chi connectivity index (χ3n) is 2.16. The van der Waals surface area contributed by atoms with E-state index in [9.17, 15) is 0 Å². The van der Waals surface area contributed by atoms with Gasteiger partial charge in [-0.2, -0.15) is 0 Å². The minimum Gasteiger partial charge on any atom is -0.499 e. The fourth-order valence-corrected chi connectivity index (χ4v) is 2.70. The lowest BCUT2D eigenvalue weighted by molar-refractivity contribution is 0.111. The number of ether oxygens (including phenoxy) is 1. The molecule has 0 amide bonds. The fraction of sp³-hybridized carbons (Fsp3) is 0.800. The van der Waals surface area contributed by atoms with Crippen LogP contribution in [0.2, 0.25) is 6.04 Å². The summed E-state index contributed by atoms with van der Waals surface area (Å²) in [5.41, 5.74) is 0. The first-order valence-electron chi connectivity index (χ1n) is 5.09. The van der Waals surface area contributed by atoms with Gasteiger partial charge in [-0.3, -0.25) is 0 Å². The van der Waals surface area contributed by atoms with Crippen molar-refractivity contribution < 1.29 is 18.0 Å². The molecule has 0 unspecified atom stereocenters. The van der Waals surface area contributed by atoms with Crippen LogP contribution in [0.5, 0.6) is 0 Å². The van der Waals surface area contributed by atoms with Gasteiger partial charge in [0.05, 0.1) is 18.4 Å². The molecule has 0 rings (SSSR count). The smallest absolute Gasteiger partial charge is 0.499 e. The normalized spacial score (nSPS) is 13.0. The third kappa shape index (κ3) is 5.32. The third-order valence-corrected chi connectivity index (χ3v) is 4.85. The summed E-state index contributed by atoms with van der Waals surface area (Å²) in [6.07, 6.45) is 3.02. The van der Waals surface area contributed by atoms with E-state index in [4.69, 9.17) is 18.0 Å². The van der Waals surface area contributed by atoms with Crippen molar-refractivity contribution in [2.45, 2.75) is 26.3 Å². The Morgan fingerprint density at radius 3 is 2.07 bits per heavy atom. The zero-order valence-corrected chi connectivity index (χ0v) is 11.3. The molecule has 0 bridgehead atoms. The molecule has 15 heavy (non-hydrogen) atoms. The quantitative estimate of drug-likeness (QED) is 0.476. The van der Waals surface area contributed by atoms with Crippen molar-refractivity contribution in [1.29, 1.82) is 0 Å². The van der Waals surface area contributed by atoms with Gasteiger partial charge < -0.3 is 18.0 Å². The molecule has 0 aromatic rings. The molecule has 0 saturated heterocycles. The van der Waals surface area contributed by atoms with Crippen LogP contribution in [0.1, 0.15) is 20.3 Å². The van der Waals surface area contributed by atoms with E-state index in [0.29, 0.717) is 12.7 Å². The minimum absolute atomic E-state index is 0.560. The molecule has 0 aromatic carbocycles. The van der Waals surface area contributed by atoms with Crippen molar-refractivity contribution >= 4 is 8.80 Å². The summed E-state index contributed by atoms with van der Waals surface area (Å²) in [7, 11) is 2.36. The molecule has 0 fully saturated rings. The van der Waals surface area contributed by atoms with Gasteiger partial charge in [-0.1, -0.05) is 6.92 Å². The highest BCUT2D eigenvalue weighted by Crippen LogP contribution is 2.13. The molecule has 0 atom stereocenters. The Labute approximate surface area is 93.5 Å². The Balaban J connectivity index is 3.96. The molecule has 5 heteroatoms. The van der Waals surface area contributed by atoms with E-state index in [-0.39, 0.29) is 0 Å². The van der Waals surface area contributed by atoms with Crippen LogP contribution in [0.4, 0.5) is 0 Å². The number of hydrogen-bond acceptors (Lipinski definition) is 4. The van der Waals surface area contributed by atoms with Crippen molar-refractivity contribution in [3.05, 3.63) is 11.8 Å². The second-order valence-electron chi connectivity index (χ2n) is 3.12. The monoisotopic (exact) mass is 234 g/mol. The largest absolute Gasteiger partial charge is 0.503 e. The average Bonchev–Trinajstić information content (AvgIpc) is 2.25. The molecule has 0 N–H and O–H groups in total. The molecule has 0 aliphatic heterocycles. The average molecular weight is 234 g/mol. The maximum atomic E-state index is 5.50. The standard InChI is InChI=1S/C10H22O4Si/c1-6-7-10(2)14-8-9-15(11-3,12-4)13-5/h7H,6,8-9H2,1-5H3. The molecule has 0 spiro atoms. The maximum Gasteiger partial charge on any atom is 0.503 e. The van der Waals surface area contributed by atoms with Crippen LogP contribution in [0.25, 0.3) is 0 Å². The maximum absolute atomic E-state index is 5.50. The second kappa shape index (κ2) is 7.87. The van der Waals surface area contributed by atoms with Gasteiger partial charge in [0.15, 0.2) is 0 Å². The van der Waals surface area contributed by atoms with E-state index in [2.05, 4.69) is 6.92 Å². The molecule has 0 heterocycles. The Hall–Kier alpha value is -0.363. The van der Waals surface area contributed by atoms with Crippen molar-refractivity contribution in [2.75, 3.05) is 27.9 Å². The zero-order chi connectivity index (χ0) is 11.7. The SMILES string of the molecule is CCC=C(C)OCC[Si](OC)(OC)OC. The van der Waals surface area contributed by atoms with Crippen LogP contribution in [0.3, 0.4) is 0 Å². The molecule has 0 aromatic heterocycles. The highest BCUT2D eigenvalue weighted by atomic mass is 28.4. The summed E-state index contributed by atoms with van der Waals surface area (Å²) in [5.74, 6) is 0.934. The Bertz CT molecular complexity index is 182. The second-order valence-corrected chi connectivity index (χ2v) is 6.21. The predicted octanol–water partition coefficient (Wildman–Crippen LogP) is 2.19. The minimum atomic E-state index is -2.46. The van der Waals surface area contributed by atoms with Crippen LogP contribution in [-0.2, 0) is 18.0 Å². The van der Waals surface area contributed by atoms with Gasteiger partial charge in [0.2, 0.25) is 0 Å². The lowest BCUT2D eigenvalue weighted by Gasteiger charge is -2.24. The molecule has 4 nitrogen and oxygen atoms in total. The van der Waals surface area contributed by atoms with Gasteiger partial charge >= 0.3 is 8.80 Å². The van der Waals surface area contributed by atoms with Gasteiger partial charge in [-0.05, 0) is 19.4 Å². The molecule has 0 radical (unpaired) electrons. The van der Waals surface area contributed by atoms with Gasteiger partial charge in [-0.15, -0.1) is 0 Å². The van der Waals surface area contributed by atoms with Crippen LogP contribution < -0.4 is 0 Å². The van der Waals surface area contributed by atoms with Crippen LogP contribution >= 0.6 is 0 Å². The van der Waals surface area contributed by atoms with E-state index >= 15 is 0 Å². The molecular weight excluding hydrogens is 212 g/mol. The van der Waals surface area contributed by atoms with Crippen molar-refractivity contribution in [1.82, 2.24) is 0 Å². The van der Waals surface area contributed by atoms with Gasteiger partial charge in [0.1, 0.15) is 0 Å². The van der Waals surface area contributed by atoms with E-state index in [1.54, 1.807) is 21.3 Å². The summed E-state index contributed by atoms with van der Waals surface area (Å²) in [6, 6.07) is 0.658. The number of hydrogen-bond donors (Lipinski definition) is 0. The van der Waals surface area contributed by atoms with Crippen LogP contribution in [-0.4, -0.2) is 36.7 Å². The summed E-state index contributed by atoms with van der Waals surface area (Å²) in [4.78, 5) is 0. The summed E-state index contributed by atoms with van der Waals surface area (Å²) >= 11 is 0. The van der Waals surface area contributed by atoms with E-state index in [1.165, 1.54) is 0 Å². The number of allylic oxidation sites excluding steroid dienone is 2. The Morgan fingerprint density at radius 1 is 1.13 bits per heavy atom. The molecule has 0 aliphatic rings. The lowest BCUT2D eigenvalue weighted by Crippen LogP contribution is -2.43. The molecule has 90 valence electrons. The first kappa shape index (κ1) is 14.6. The van der Waals surface area contributed by atoms with Gasteiger partial charge in [0.25, 0.3) is 0 Å². The Kier molecular flexibility index (Phi) is 7.68. The van der Waals surface area contributed by atoms with Gasteiger partial charge in [-0.25, -0.2) is 0 Å². The predicted molar refractivity (Wildman–Crippen MR) is 61.6 cm³/mol.